The maximum absolute atomic E-state index is 13.0. The average Bonchev–Trinajstić information content (AvgIpc) is 2.72. The first-order chi connectivity index (χ1) is 14.7. The number of halogens is 4. The molecule has 31 heavy (non-hydrogen) atoms. The predicted octanol–water partition coefficient (Wildman–Crippen LogP) is 5.83. The van der Waals surface area contributed by atoms with Gasteiger partial charge < -0.3 is 5.32 Å². The second-order valence-electron chi connectivity index (χ2n) is 6.55. The molecule has 0 fully saturated rings. The monoisotopic (exact) mass is 516 g/mol. The van der Waals surface area contributed by atoms with Crippen molar-refractivity contribution in [1.29, 1.82) is 0 Å². The lowest BCUT2D eigenvalue weighted by molar-refractivity contribution is -0.117. The van der Waals surface area contributed by atoms with E-state index >= 15 is 0 Å². The summed E-state index contributed by atoms with van der Waals surface area (Å²) < 4.78 is 28.2. The molecule has 162 valence electrons. The summed E-state index contributed by atoms with van der Waals surface area (Å²) in [5, 5.41) is 3.61. The van der Waals surface area contributed by atoms with Crippen LogP contribution in [0.15, 0.2) is 71.6 Å². The van der Waals surface area contributed by atoms with Gasteiger partial charge in [0, 0.05) is 5.02 Å². The normalized spacial score (nSPS) is 12.4. The van der Waals surface area contributed by atoms with Gasteiger partial charge in [-0.2, -0.15) is 4.72 Å². The van der Waals surface area contributed by atoms with Crippen LogP contribution in [-0.4, -0.2) is 20.4 Å². The van der Waals surface area contributed by atoms with Crippen LogP contribution in [0.25, 0.3) is 0 Å². The Labute approximate surface area is 200 Å². The van der Waals surface area contributed by atoms with Gasteiger partial charge in [0.05, 0.1) is 25.7 Å². The molecule has 10 heteroatoms. The summed E-state index contributed by atoms with van der Waals surface area (Å²) in [5.41, 5.74) is 0.978. The summed E-state index contributed by atoms with van der Waals surface area (Å²) in [6.07, 6.45) is 0.110. The molecule has 2 N–H and O–H groups in total. The van der Waals surface area contributed by atoms with E-state index in [1.807, 2.05) is 6.07 Å². The number of rotatable bonds is 7. The number of hydrogen-bond donors (Lipinski definition) is 2. The minimum atomic E-state index is -4.01. The van der Waals surface area contributed by atoms with Gasteiger partial charge in [-0.3, -0.25) is 4.79 Å². The van der Waals surface area contributed by atoms with E-state index in [0.717, 1.165) is 5.56 Å². The number of carbonyl (C=O) groups excluding carboxylic acids is 1. The van der Waals surface area contributed by atoms with E-state index in [-0.39, 0.29) is 32.1 Å². The van der Waals surface area contributed by atoms with Gasteiger partial charge in [0.25, 0.3) is 0 Å². The second-order valence-corrected chi connectivity index (χ2v) is 9.92. The van der Waals surface area contributed by atoms with Crippen LogP contribution in [0.4, 0.5) is 5.69 Å². The van der Waals surface area contributed by atoms with Crippen molar-refractivity contribution >= 4 is 68.0 Å². The van der Waals surface area contributed by atoms with Gasteiger partial charge in [0.1, 0.15) is 6.04 Å². The van der Waals surface area contributed by atoms with Crippen LogP contribution < -0.4 is 10.0 Å². The molecule has 0 heterocycles. The van der Waals surface area contributed by atoms with E-state index in [1.54, 1.807) is 24.3 Å². The Morgan fingerprint density at radius 2 is 1.45 bits per heavy atom. The third-order valence-corrected chi connectivity index (χ3v) is 7.06. The molecular weight excluding hydrogens is 502 g/mol. The maximum atomic E-state index is 13.0. The molecule has 0 spiro atoms. The fraction of sp³-hybridized carbons (Fsp3) is 0.0952. The second kappa shape index (κ2) is 10.2. The molecule has 1 atom stereocenters. The molecule has 3 aromatic rings. The number of amides is 1. The van der Waals surface area contributed by atoms with Gasteiger partial charge in [-0.25, -0.2) is 8.42 Å². The van der Waals surface area contributed by atoms with Gasteiger partial charge in [0.15, 0.2) is 0 Å². The molecule has 0 aliphatic heterocycles. The van der Waals surface area contributed by atoms with Crippen LogP contribution in [0.1, 0.15) is 5.56 Å². The van der Waals surface area contributed by atoms with Crippen LogP contribution in [0, 0.1) is 0 Å². The SMILES string of the molecule is O=C(Nc1cc(Cl)c(Cl)cc1Cl)C(Cc1ccccc1)NS(=O)(=O)c1ccc(Cl)cc1. The van der Waals surface area contributed by atoms with Crippen LogP contribution in [0.3, 0.4) is 0 Å². The summed E-state index contributed by atoms with van der Waals surface area (Å²) in [7, 11) is -4.01. The van der Waals surface area contributed by atoms with Crippen molar-refractivity contribution in [3.63, 3.8) is 0 Å². The molecule has 0 aliphatic rings. The maximum Gasteiger partial charge on any atom is 0.242 e. The summed E-state index contributed by atoms with van der Waals surface area (Å²) in [6.45, 7) is 0. The number of sulfonamides is 1. The molecule has 0 aliphatic carbocycles. The average molecular weight is 518 g/mol. The van der Waals surface area contributed by atoms with Crippen LogP contribution in [-0.2, 0) is 21.2 Å². The van der Waals surface area contributed by atoms with Crippen molar-refractivity contribution in [1.82, 2.24) is 4.72 Å². The number of benzene rings is 3. The summed E-state index contributed by atoms with van der Waals surface area (Å²) in [5.74, 6) is -0.610. The van der Waals surface area contributed by atoms with Gasteiger partial charge >= 0.3 is 0 Å². The third kappa shape index (κ3) is 6.35. The highest BCUT2D eigenvalue weighted by molar-refractivity contribution is 7.89. The zero-order chi connectivity index (χ0) is 22.6. The van der Waals surface area contributed by atoms with E-state index in [0.29, 0.717) is 5.02 Å². The molecule has 0 saturated carbocycles. The fourth-order valence-electron chi connectivity index (χ4n) is 2.74. The van der Waals surface area contributed by atoms with Gasteiger partial charge in [-0.1, -0.05) is 76.7 Å². The van der Waals surface area contributed by atoms with E-state index in [9.17, 15) is 13.2 Å². The van der Waals surface area contributed by atoms with Crippen molar-refractivity contribution in [3.05, 3.63) is 92.4 Å². The standard InChI is InChI=1S/C21H16Cl4N2O3S/c22-14-6-8-15(9-7-14)31(29,30)27-20(10-13-4-2-1-3-5-13)21(28)26-19-12-17(24)16(23)11-18(19)25/h1-9,11-12,20,27H,10H2,(H,26,28). The summed E-state index contributed by atoms with van der Waals surface area (Å²) in [4.78, 5) is 13.0. The highest BCUT2D eigenvalue weighted by Gasteiger charge is 2.27. The lowest BCUT2D eigenvalue weighted by Crippen LogP contribution is -2.45. The largest absolute Gasteiger partial charge is 0.323 e. The van der Waals surface area contributed by atoms with Gasteiger partial charge in [-0.15, -0.1) is 0 Å². The molecule has 1 unspecified atom stereocenters. The van der Waals surface area contributed by atoms with Gasteiger partial charge in [-0.05, 0) is 48.4 Å². The zero-order valence-electron chi connectivity index (χ0n) is 15.8. The first kappa shape index (κ1) is 23.9. The Hall–Kier alpha value is -1.80. The molecule has 0 radical (unpaired) electrons. The molecule has 3 rings (SSSR count). The van der Waals surface area contributed by atoms with Crippen LogP contribution in [0.2, 0.25) is 20.1 Å². The minimum absolute atomic E-state index is 0.0182. The number of nitrogens with one attached hydrogen (secondary N) is 2. The van der Waals surface area contributed by atoms with Crippen LogP contribution in [0.5, 0.6) is 0 Å². The van der Waals surface area contributed by atoms with Crippen molar-refractivity contribution < 1.29 is 13.2 Å². The van der Waals surface area contributed by atoms with E-state index in [4.69, 9.17) is 46.4 Å². The number of anilines is 1. The number of hydrogen-bond acceptors (Lipinski definition) is 3. The quantitative estimate of drug-likeness (QED) is 0.387. The first-order valence-electron chi connectivity index (χ1n) is 8.93. The smallest absolute Gasteiger partial charge is 0.242 e. The lowest BCUT2D eigenvalue weighted by Gasteiger charge is -2.19. The van der Waals surface area contributed by atoms with E-state index in [1.165, 1.54) is 36.4 Å². The molecule has 3 aromatic carbocycles. The minimum Gasteiger partial charge on any atom is -0.323 e. The predicted molar refractivity (Wildman–Crippen MR) is 126 cm³/mol. The lowest BCUT2D eigenvalue weighted by atomic mass is 10.1. The Morgan fingerprint density at radius 1 is 0.839 bits per heavy atom. The molecule has 5 nitrogen and oxygen atoms in total. The highest BCUT2D eigenvalue weighted by atomic mass is 35.5. The Kier molecular flexibility index (Phi) is 7.86. The summed E-state index contributed by atoms with van der Waals surface area (Å²) >= 11 is 23.9. The topological polar surface area (TPSA) is 75.3 Å². The summed E-state index contributed by atoms with van der Waals surface area (Å²) in [6, 6.07) is 16.3. The van der Waals surface area contributed by atoms with Crippen molar-refractivity contribution in [2.75, 3.05) is 5.32 Å². The number of carbonyl (C=O) groups is 1. The van der Waals surface area contributed by atoms with Crippen LogP contribution >= 0.6 is 46.4 Å². The Balaban J connectivity index is 1.89. The van der Waals surface area contributed by atoms with E-state index in [2.05, 4.69) is 10.0 Å². The first-order valence-corrected chi connectivity index (χ1v) is 11.9. The Bertz CT molecular complexity index is 1190. The van der Waals surface area contributed by atoms with Crippen molar-refractivity contribution in [2.24, 2.45) is 0 Å². The highest BCUT2D eigenvalue weighted by Crippen LogP contribution is 2.32. The fourth-order valence-corrected chi connectivity index (χ4v) is 4.66. The van der Waals surface area contributed by atoms with Crippen molar-refractivity contribution in [2.45, 2.75) is 17.4 Å². The molecular formula is C21H16Cl4N2O3S. The molecule has 0 bridgehead atoms. The Morgan fingerprint density at radius 3 is 2.10 bits per heavy atom. The molecule has 0 saturated heterocycles. The van der Waals surface area contributed by atoms with E-state index < -0.39 is 22.0 Å². The van der Waals surface area contributed by atoms with Gasteiger partial charge in [0.2, 0.25) is 15.9 Å². The third-order valence-electron chi connectivity index (χ3n) is 4.29. The molecule has 1 amide bonds. The molecule has 0 aromatic heterocycles. The zero-order valence-corrected chi connectivity index (χ0v) is 19.6. The van der Waals surface area contributed by atoms with Crippen molar-refractivity contribution in [3.8, 4) is 0 Å².